The molecule has 0 radical (unpaired) electrons. The van der Waals surface area contributed by atoms with Gasteiger partial charge in [0.15, 0.2) is 0 Å². The molecule has 3 aliphatic heterocycles. The number of carbonyl (C=O) groups excluding carboxylic acids is 1. The molecule has 28 heavy (non-hydrogen) atoms. The summed E-state index contributed by atoms with van der Waals surface area (Å²) in [6, 6.07) is 15.8. The van der Waals surface area contributed by atoms with Crippen molar-refractivity contribution in [3.8, 4) is 5.75 Å². The van der Waals surface area contributed by atoms with Gasteiger partial charge in [0.25, 0.3) is 0 Å². The molecule has 1 amide bonds. The molecule has 0 aromatic heterocycles. The Morgan fingerprint density at radius 2 is 1.89 bits per heavy atom. The lowest BCUT2D eigenvalue weighted by molar-refractivity contribution is -0.0537. The third kappa shape index (κ3) is 3.04. The minimum absolute atomic E-state index is 0.0246. The van der Waals surface area contributed by atoms with Crippen molar-refractivity contribution in [2.24, 2.45) is 0 Å². The first-order valence-corrected chi connectivity index (χ1v) is 10.1. The zero-order valence-corrected chi connectivity index (χ0v) is 15.8. The zero-order chi connectivity index (χ0) is 19.1. The van der Waals surface area contributed by atoms with E-state index in [1.54, 1.807) is 0 Å². The van der Waals surface area contributed by atoms with Crippen LogP contribution in [0.25, 0.3) is 0 Å². The van der Waals surface area contributed by atoms with Crippen LogP contribution in [-0.4, -0.2) is 34.8 Å². The second-order valence-corrected chi connectivity index (χ2v) is 8.19. The number of ether oxygens (including phenoxy) is 2. The van der Waals surface area contributed by atoms with Crippen molar-refractivity contribution in [2.75, 3.05) is 6.61 Å². The number of hydrogen-bond acceptors (Lipinski definition) is 4. The molecule has 5 nitrogen and oxygen atoms in total. The number of carbonyl (C=O) groups is 1. The number of benzene rings is 2. The summed E-state index contributed by atoms with van der Waals surface area (Å²) in [6.07, 6.45) is 3.58. The lowest BCUT2D eigenvalue weighted by atomic mass is 9.80. The molecule has 2 bridgehead atoms. The fourth-order valence-corrected chi connectivity index (χ4v) is 5.03. The van der Waals surface area contributed by atoms with Crippen molar-refractivity contribution in [3.63, 3.8) is 0 Å². The highest BCUT2D eigenvalue weighted by molar-refractivity contribution is 5.69. The monoisotopic (exact) mass is 379 g/mol. The second kappa shape index (κ2) is 6.82. The van der Waals surface area contributed by atoms with Gasteiger partial charge in [-0.25, -0.2) is 4.79 Å². The number of rotatable bonds is 3. The summed E-state index contributed by atoms with van der Waals surface area (Å²) >= 11 is 0. The third-order valence-corrected chi connectivity index (χ3v) is 6.41. The van der Waals surface area contributed by atoms with Crippen LogP contribution in [0.1, 0.15) is 42.4 Å². The molecule has 2 fully saturated rings. The van der Waals surface area contributed by atoms with Gasteiger partial charge >= 0.3 is 6.09 Å². The van der Waals surface area contributed by atoms with Gasteiger partial charge in [-0.2, -0.15) is 0 Å². The van der Waals surface area contributed by atoms with E-state index in [0.717, 1.165) is 36.1 Å². The van der Waals surface area contributed by atoms with Crippen molar-refractivity contribution in [2.45, 2.75) is 56.4 Å². The number of amides is 1. The molecule has 5 rings (SSSR count). The van der Waals surface area contributed by atoms with Crippen molar-refractivity contribution >= 4 is 6.09 Å². The Labute approximate surface area is 164 Å². The smallest absolute Gasteiger partial charge is 0.410 e. The molecule has 1 N–H and O–H groups in total. The van der Waals surface area contributed by atoms with Crippen LogP contribution in [0.5, 0.6) is 5.75 Å². The van der Waals surface area contributed by atoms with E-state index in [1.807, 2.05) is 47.4 Å². The van der Waals surface area contributed by atoms with E-state index in [2.05, 4.69) is 6.07 Å². The van der Waals surface area contributed by atoms with E-state index in [1.165, 1.54) is 5.56 Å². The van der Waals surface area contributed by atoms with Crippen LogP contribution in [0.15, 0.2) is 48.5 Å². The molecule has 2 unspecified atom stereocenters. The summed E-state index contributed by atoms with van der Waals surface area (Å²) in [7, 11) is 0. The Balaban J connectivity index is 1.30. The molecule has 2 aromatic rings. The maximum atomic E-state index is 12.7. The average Bonchev–Trinajstić information content (AvgIpc) is 3.29. The summed E-state index contributed by atoms with van der Waals surface area (Å²) in [5.41, 5.74) is 2.21. The number of aliphatic hydroxyl groups is 1. The predicted octanol–water partition coefficient (Wildman–Crippen LogP) is 3.77. The van der Waals surface area contributed by atoms with E-state index >= 15 is 0 Å². The number of nitrogens with zero attached hydrogens (tertiary/aromatic N) is 1. The largest absolute Gasteiger partial charge is 0.493 e. The molecule has 5 heteroatoms. The maximum absolute atomic E-state index is 12.7. The van der Waals surface area contributed by atoms with E-state index in [9.17, 15) is 9.90 Å². The summed E-state index contributed by atoms with van der Waals surface area (Å²) in [5.74, 6) is 0.928. The molecule has 146 valence electrons. The SMILES string of the molecule is O=C(OCc1ccccc1)N1C2CCC1CC(O)(c1ccc3c(c1)CCO3)C2. The lowest BCUT2D eigenvalue weighted by Gasteiger charge is -2.43. The van der Waals surface area contributed by atoms with Gasteiger partial charge in [-0.15, -0.1) is 0 Å². The lowest BCUT2D eigenvalue weighted by Crippen LogP contribution is -2.52. The molecule has 0 spiro atoms. The Kier molecular flexibility index (Phi) is 4.27. The molecular weight excluding hydrogens is 354 g/mol. The van der Waals surface area contributed by atoms with Gasteiger partial charge in [-0.3, -0.25) is 0 Å². The molecule has 0 aliphatic carbocycles. The molecule has 3 heterocycles. The molecular formula is C23H25NO4. The molecule has 2 aromatic carbocycles. The molecule has 3 aliphatic rings. The minimum Gasteiger partial charge on any atom is -0.493 e. The fraction of sp³-hybridized carbons (Fsp3) is 0.435. The topological polar surface area (TPSA) is 59.0 Å². The first kappa shape index (κ1) is 17.6. The van der Waals surface area contributed by atoms with Crippen LogP contribution in [0, 0.1) is 0 Å². The Bertz CT molecular complexity index is 867. The second-order valence-electron chi connectivity index (χ2n) is 8.19. The highest BCUT2D eigenvalue weighted by atomic mass is 16.6. The third-order valence-electron chi connectivity index (χ3n) is 6.41. The van der Waals surface area contributed by atoms with Gasteiger partial charge < -0.3 is 19.5 Å². The Hall–Kier alpha value is -2.53. The van der Waals surface area contributed by atoms with Gasteiger partial charge in [0.05, 0.1) is 12.2 Å². The van der Waals surface area contributed by atoms with Crippen molar-refractivity contribution < 1.29 is 19.4 Å². The van der Waals surface area contributed by atoms with Gasteiger partial charge in [-0.05, 0) is 41.7 Å². The normalized spacial score (nSPS) is 28.0. The van der Waals surface area contributed by atoms with Crippen LogP contribution >= 0.6 is 0 Å². The van der Waals surface area contributed by atoms with E-state index in [-0.39, 0.29) is 24.8 Å². The number of piperidine rings is 1. The highest BCUT2D eigenvalue weighted by Gasteiger charge is 2.50. The van der Waals surface area contributed by atoms with Crippen molar-refractivity contribution in [1.82, 2.24) is 4.90 Å². The molecule has 0 saturated carbocycles. The van der Waals surface area contributed by atoms with Crippen LogP contribution in [0.3, 0.4) is 0 Å². The molecule has 2 saturated heterocycles. The molecule has 2 atom stereocenters. The Morgan fingerprint density at radius 3 is 2.64 bits per heavy atom. The first-order chi connectivity index (χ1) is 13.6. The van der Waals surface area contributed by atoms with E-state index in [0.29, 0.717) is 19.4 Å². The van der Waals surface area contributed by atoms with Gasteiger partial charge in [0.1, 0.15) is 12.4 Å². The fourth-order valence-electron chi connectivity index (χ4n) is 5.03. The number of fused-ring (bicyclic) bond motifs is 3. The number of hydrogen-bond donors (Lipinski definition) is 1. The Morgan fingerprint density at radius 1 is 1.14 bits per heavy atom. The van der Waals surface area contributed by atoms with Crippen LogP contribution < -0.4 is 4.74 Å². The van der Waals surface area contributed by atoms with Crippen LogP contribution in [0.4, 0.5) is 4.79 Å². The highest BCUT2D eigenvalue weighted by Crippen LogP contribution is 2.46. The first-order valence-electron chi connectivity index (χ1n) is 10.1. The van der Waals surface area contributed by atoms with Crippen molar-refractivity contribution in [3.05, 3.63) is 65.2 Å². The summed E-state index contributed by atoms with van der Waals surface area (Å²) in [4.78, 5) is 14.6. The standard InChI is InChI=1S/C23H25NO4/c25-22(28-15-16-4-2-1-3-5-16)24-19-7-8-20(24)14-23(26,13-19)18-6-9-21-17(12-18)10-11-27-21/h1-6,9,12,19-20,26H,7-8,10-11,13-15H2. The van der Waals surface area contributed by atoms with Gasteiger partial charge in [-0.1, -0.05) is 36.4 Å². The summed E-state index contributed by atoms with van der Waals surface area (Å²) in [5, 5.41) is 11.4. The van der Waals surface area contributed by atoms with Crippen LogP contribution in [-0.2, 0) is 23.4 Å². The summed E-state index contributed by atoms with van der Waals surface area (Å²) in [6.45, 7) is 0.994. The van der Waals surface area contributed by atoms with Gasteiger partial charge in [0.2, 0.25) is 0 Å². The zero-order valence-electron chi connectivity index (χ0n) is 15.8. The average molecular weight is 379 g/mol. The maximum Gasteiger partial charge on any atom is 0.410 e. The quantitative estimate of drug-likeness (QED) is 0.882. The van der Waals surface area contributed by atoms with Gasteiger partial charge in [0, 0.05) is 31.3 Å². The van der Waals surface area contributed by atoms with E-state index < -0.39 is 5.60 Å². The summed E-state index contributed by atoms with van der Waals surface area (Å²) < 4.78 is 11.2. The predicted molar refractivity (Wildman–Crippen MR) is 104 cm³/mol. The van der Waals surface area contributed by atoms with Crippen LogP contribution in [0.2, 0.25) is 0 Å². The minimum atomic E-state index is -0.889. The van der Waals surface area contributed by atoms with Crippen molar-refractivity contribution in [1.29, 1.82) is 0 Å². The van der Waals surface area contributed by atoms with E-state index in [4.69, 9.17) is 9.47 Å².